The number of nitrogens with zero attached hydrogens (tertiary/aromatic N) is 2. The third kappa shape index (κ3) is 2.52. The Kier molecular flexibility index (Phi) is 3.83. The standard InChI is InChI=1S/C20H23BrN2O/c1-20(2)17-9-8-15(21)10-18(17)23(19(20)24)13-14-11-22(12-14)16-6-4-3-5-7-16/h3-8,10,14,17H,9,11-13H2,1-2H3. The Balaban J connectivity index is 1.47. The molecule has 3 nitrogen and oxygen atoms in total. The topological polar surface area (TPSA) is 23.6 Å². The summed E-state index contributed by atoms with van der Waals surface area (Å²) in [6.45, 7) is 7.09. The molecule has 0 spiro atoms. The number of allylic oxidation sites excluding steroid dienone is 4. The van der Waals surface area contributed by atoms with Crippen LogP contribution in [0, 0.1) is 17.3 Å². The summed E-state index contributed by atoms with van der Waals surface area (Å²) in [5.74, 6) is 1.15. The van der Waals surface area contributed by atoms with E-state index in [1.807, 2.05) is 6.07 Å². The number of hydrogen-bond acceptors (Lipinski definition) is 2. The fourth-order valence-electron chi connectivity index (χ4n) is 4.18. The van der Waals surface area contributed by atoms with Crippen molar-refractivity contribution in [2.24, 2.45) is 17.3 Å². The van der Waals surface area contributed by atoms with E-state index in [1.54, 1.807) is 0 Å². The minimum absolute atomic E-state index is 0.285. The number of amides is 1. The second-order valence-corrected chi connectivity index (χ2v) is 8.61. The van der Waals surface area contributed by atoms with Crippen molar-refractivity contribution >= 4 is 27.5 Å². The fraction of sp³-hybridized carbons (Fsp3) is 0.450. The Morgan fingerprint density at radius 1 is 1.21 bits per heavy atom. The minimum atomic E-state index is -0.293. The lowest BCUT2D eigenvalue weighted by atomic mass is 9.77. The Hall–Kier alpha value is -1.55. The molecule has 0 N–H and O–H groups in total. The zero-order valence-electron chi connectivity index (χ0n) is 14.2. The summed E-state index contributed by atoms with van der Waals surface area (Å²) in [4.78, 5) is 17.4. The quantitative estimate of drug-likeness (QED) is 0.777. The second kappa shape index (κ2) is 5.76. The summed E-state index contributed by atoms with van der Waals surface area (Å²) in [6.07, 6.45) is 5.28. The van der Waals surface area contributed by atoms with Crippen LogP contribution in [0.15, 0.2) is 52.7 Å². The van der Waals surface area contributed by atoms with Crippen LogP contribution in [0.2, 0.25) is 0 Å². The summed E-state index contributed by atoms with van der Waals surface area (Å²) < 4.78 is 1.10. The van der Waals surface area contributed by atoms with Gasteiger partial charge in [-0.05, 0) is 24.6 Å². The molecule has 126 valence electrons. The van der Waals surface area contributed by atoms with Crippen LogP contribution in [-0.2, 0) is 4.79 Å². The van der Waals surface area contributed by atoms with Gasteiger partial charge in [0.2, 0.25) is 5.91 Å². The number of carbonyl (C=O) groups excluding carboxylic acids is 1. The molecule has 0 saturated carbocycles. The molecular weight excluding hydrogens is 364 g/mol. The van der Waals surface area contributed by atoms with Gasteiger partial charge in [-0.1, -0.05) is 54.1 Å². The Bertz CT molecular complexity index is 716. The third-order valence-corrected chi connectivity index (χ3v) is 6.24. The zero-order valence-corrected chi connectivity index (χ0v) is 15.8. The highest BCUT2D eigenvalue weighted by Crippen LogP contribution is 2.48. The Morgan fingerprint density at radius 3 is 2.62 bits per heavy atom. The lowest BCUT2D eigenvalue weighted by Crippen LogP contribution is -2.52. The van der Waals surface area contributed by atoms with Gasteiger partial charge in [0.05, 0.1) is 5.41 Å². The smallest absolute Gasteiger partial charge is 0.233 e. The molecule has 1 unspecified atom stereocenters. The number of benzene rings is 1. The highest BCUT2D eigenvalue weighted by atomic mass is 79.9. The van der Waals surface area contributed by atoms with Crippen molar-refractivity contribution in [1.29, 1.82) is 0 Å². The summed E-state index contributed by atoms with van der Waals surface area (Å²) in [5.41, 5.74) is 2.19. The van der Waals surface area contributed by atoms with E-state index in [0.717, 1.165) is 30.5 Å². The monoisotopic (exact) mass is 386 g/mol. The van der Waals surface area contributed by atoms with Gasteiger partial charge in [-0.15, -0.1) is 0 Å². The zero-order chi connectivity index (χ0) is 16.9. The number of likely N-dealkylation sites (tertiary alicyclic amines) is 1. The van der Waals surface area contributed by atoms with Gasteiger partial charge in [-0.25, -0.2) is 0 Å². The van der Waals surface area contributed by atoms with Crippen LogP contribution in [0.5, 0.6) is 0 Å². The molecular formula is C20H23BrN2O. The van der Waals surface area contributed by atoms with Gasteiger partial charge in [-0.3, -0.25) is 4.79 Å². The molecule has 2 fully saturated rings. The van der Waals surface area contributed by atoms with E-state index in [-0.39, 0.29) is 11.3 Å². The molecule has 24 heavy (non-hydrogen) atoms. The molecule has 4 rings (SSSR count). The van der Waals surface area contributed by atoms with Crippen molar-refractivity contribution in [3.8, 4) is 0 Å². The number of rotatable bonds is 3. The predicted molar refractivity (Wildman–Crippen MR) is 101 cm³/mol. The molecule has 1 amide bonds. The highest BCUT2D eigenvalue weighted by Gasteiger charge is 2.51. The molecule has 0 radical (unpaired) electrons. The lowest BCUT2D eigenvalue weighted by molar-refractivity contribution is -0.135. The first-order chi connectivity index (χ1) is 11.5. The number of anilines is 1. The molecule has 1 aliphatic carbocycles. The first-order valence-corrected chi connectivity index (χ1v) is 9.45. The van der Waals surface area contributed by atoms with Gasteiger partial charge in [-0.2, -0.15) is 0 Å². The second-order valence-electron chi connectivity index (χ2n) is 7.69. The molecule has 3 aliphatic rings. The van der Waals surface area contributed by atoms with Crippen molar-refractivity contribution in [3.05, 3.63) is 52.7 Å². The predicted octanol–water partition coefficient (Wildman–Crippen LogP) is 4.17. The van der Waals surface area contributed by atoms with Gasteiger partial charge < -0.3 is 9.80 Å². The molecule has 1 aromatic carbocycles. The van der Waals surface area contributed by atoms with Crippen LogP contribution in [0.3, 0.4) is 0 Å². The van der Waals surface area contributed by atoms with Gasteiger partial charge in [0, 0.05) is 47.3 Å². The largest absolute Gasteiger partial charge is 0.371 e. The summed E-state index contributed by atoms with van der Waals surface area (Å²) in [5, 5.41) is 0. The van der Waals surface area contributed by atoms with Crippen LogP contribution >= 0.6 is 15.9 Å². The van der Waals surface area contributed by atoms with E-state index in [9.17, 15) is 4.79 Å². The summed E-state index contributed by atoms with van der Waals surface area (Å²) in [6, 6.07) is 10.5. The van der Waals surface area contributed by atoms with Gasteiger partial charge in [0.15, 0.2) is 0 Å². The number of halogens is 1. The number of fused-ring (bicyclic) bond motifs is 1. The van der Waals surface area contributed by atoms with E-state index in [1.165, 1.54) is 11.4 Å². The SMILES string of the molecule is CC1(C)C(=O)N(CC2CN(c3ccccc3)C2)C2=CC(Br)=CCC21. The van der Waals surface area contributed by atoms with Crippen LogP contribution in [-0.4, -0.2) is 30.4 Å². The maximum Gasteiger partial charge on any atom is 0.233 e. The van der Waals surface area contributed by atoms with E-state index in [0.29, 0.717) is 11.8 Å². The average molecular weight is 387 g/mol. The molecule has 1 atom stereocenters. The first kappa shape index (κ1) is 15.9. The molecule has 2 saturated heterocycles. The third-order valence-electron chi connectivity index (χ3n) is 5.69. The maximum absolute atomic E-state index is 13.0. The highest BCUT2D eigenvalue weighted by molar-refractivity contribution is 9.11. The number of carbonyl (C=O) groups is 1. The lowest BCUT2D eigenvalue weighted by Gasteiger charge is -2.43. The van der Waals surface area contributed by atoms with Crippen molar-refractivity contribution in [2.45, 2.75) is 20.3 Å². The molecule has 2 aliphatic heterocycles. The van der Waals surface area contributed by atoms with Crippen LogP contribution in [0.25, 0.3) is 0 Å². The van der Waals surface area contributed by atoms with E-state index < -0.39 is 0 Å². The summed E-state index contributed by atoms with van der Waals surface area (Å²) in [7, 11) is 0. The number of hydrogen-bond donors (Lipinski definition) is 0. The minimum Gasteiger partial charge on any atom is -0.371 e. The Labute approximate surface area is 152 Å². The number of para-hydroxylation sites is 1. The van der Waals surface area contributed by atoms with Crippen LogP contribution in [0.4, 0.5) is 5.69 Å². The van der Waals surface area contributed by atoms with Crippen molar-refractivity contribution in [2.75, 3.05) is 24.5 Å². The van der Waals surface area contributed by atoms with Gasteiger partial charge >= 0.3 is 0 Å². The molecule has 2 heterocycles. The molecule has 1 aromatic rings. The maximum atomic E-state index is 13.0. The average Bonchev–Trinajstić information content (AvgIpc) is 2.71. The fourth-order valence-corrected chi connectivity index (χ4v) is 4.60. The summed E-state index contributed by atoms with van der Waals surface area (Å²) >= 11 is 3.59. The van der Waals surface area contributed by atoms with E-state index in [2.05, 4.69) is 76.0 Å². The molecule has 4 heteroatoms. The van der Waals surface area contributed by atoms with E-state index in [4.69, 9.17) is 0 Å². The van der Waals surface area contributed by atoms with Crippen LogP contribution < -0.4 is 4.90 Å². The Morgan fingerprint density at radius 2 is 1.92 bits per heavy atom. The normalized spacial score (nSPS) is 26.0. The molecule has 0 aromatic heterocycles. The molecule has 0 bridgehead atoms. The van der Waals surface area contributed by atoms with Gasteiger partial charge in [0.1, 0.15) is 0 Å². The van der Waals surface area contributed by atoms with Crippen molar-refractivity contribution in [1.82, 2.24) is 4.90 Å². The van der Waals surface area contributed by atoms with E-state index >= 15 is 0 Å². The van der Waals surface area contributed by atoms with Crippen molar-refractivity contribution in [3.63, 3.8) is 0 Å². The first-order valence-electron chi connectivity index (χ1n) is 8.66. The van der Waals surface area contributed by atoms with Crippen molar-refractivity contribution < 1.29 is 4.79 Å². The van der Waals surface area contributed by atoms with Gasteiger partial charge in [0.25, 0.3) is 0 Å². The van der Waals surface area contributed by atoms with Crippen LogP contribution in [0.1, 0.15) is 20.3 Å².